The van der Waals surface area contributed by atoms with Gasteiger partial charge in [0.2, 0.25) is 0 Å². The molecule has 1 atom stereocenters. The number of rotatable bonds is 2. The second-order valence-corrected chi connectivity index (χ2v) is 4.47. The zero-order chi connectivity index (χ0) is 10.1. The van der Waals surface area contributed by atoms with Gasteiger partial charge >= 0.3 is 0 Å². The summed E-state index contributed by atoms with van der Waals surface area (Å²) < 4.78 is 0. The van der Waals surface area contributed by atoms with Gasteiger partial charge in [-0.25, -0.2) is 0 Å². The molecular formula is C12H19N. The first kappa shape index (κ1) is 10.3. The minimum atomic E-state index is 0.170. The standard InChI is InChI=1S/C12H19N/c1-5-6-7-10-9(2)8-12(3,4)11(10)13/h5-7,11H,1,8,13H2,2-4H3/b7-6-/t11-/m1/s1. The Morgan fingerprint density at radius 3 is 2.54 bits per heavy atom. The number of hydrogen-bond acceptors (Lipinski definition) is 1. The molecule has 1 rings (SSSR count). The van der Waals surface area contributed by atoms with E-state index in [-0.39, 0.29) is 11.5 Å². The van der Waals surface area contributed by atoms with E-state index in [0.29, 0.717) is 0 Å². The van der Waals surface area contributed by atoms with Crippen LogP contribution in [0.2, 0.25) is 0 Å². The van der Waals surface area contributed by atoms with E-state index in [4.69, 9.17) is 5.73 Å². The van der Waals surface area contributed by atoms with E-state index < -0.39 is 0 Å². The maximum atomic E-state index is 6.14. The van der Waals surface area contributed by atoms with Crippen LogP contribution in [-0.4, -0.2) is 6.04 Å². The Bertz CT molecular complexity index is 269. The number of nitrogens with two attached hydrogens (primary N) is 1. The lowest BCUT2D eigenvalue weighted by Gasteiger charge is -2.24. The molecule has 0 radical (unpaired) electrons. The Hall–Kier alpha value is -0.820. The zero-order valence-corrected chi connectivity index (χ0v) is 8.80. The quantitative estimate of drug-likeness (QED) is 0.645. The maximum Gasteiger partial charge on any atom is 0.0349 e. The second kappa shape index (κ2) is 3.51. The molecule has 0 spiro atoms. The van der Waals surface area contributed by atoms with Crippen LogP contribution in [0, 0.1) is 5.41 Å². The molecule has 0 saturated carbocycles. The molecule has 0 aromatic carbocycles. The summed E-state index contributed by atoms with van der Waals surface area (Å²) in [5, 5.41) is 0. The molecule has 1 nitrogen and oxygen atoms in total. The fourth-order valence-electron chi connectivity index (χ4n) is 2.00. The fourth-order valence-corrected chi connectivity index (χ4v) is 2.00. The van der Waals surface area contributed by atoms with Crippen LogP contribution in [0.1, 0.15) is 27.2 Å². The third-order valence-corrected chi connectivity index (χ3v) is 2.80. The molecule has 0 fully saturated rings. The molecule has 72 valence electrons. The summed E-state index contributed by atoms with van der Waals surface area (Å²) in [5.41, 5.74) is 9.05. The average Bonchev–Trinajstić information content (AvgIpc) is 2.21. The summed E-state index contributed by atoms with van der Waals surface area (Å²) in [7, 11) is 0. The van der Waals surface area contributed by atoms with E-state index in [0.717, 1.165) is 6.42 Å². The van der Waals surface area contributed by atoms with Crippen LogP contribution in [0.15, 0.2) is 36.0 Å². The first-order chi connectivity index (χ1) is 5.99. The molecule has 0 aliphatic heterocycles. The molecule has 13 heavy (non-hydrogen) atoms. The Morgan fingerprint density at radius 2 is 2.15 bits per heavy atom. The van der Waals surface area contributed by atoms with Crippen molar-refractivity contribution in [1.29, 1.82) is 0 Å². The highest BCUT2D eigenvalue weighted by Crippen LogP contribution is 2.40. The first-order valence-electron chi connectivity index (χ1n) is 4.73. The van der Waals surface area contributed by atoms with Gasteiger partial charge in [0.25, 0.3) is 0 Å². The van der Waals surface area contributed by atoms with Crippen LogP contribution >= 0.6 is 0 Å². The van der Waals surface area contributed by atoms with Gasteiger partial charge < -0.3 is 5.73 Å². The van der Waals surface area contributed by atoms with Crippen molar-refractivity contribution in [2.75, 3.05) is 0 Å². The molecule has 2 N–H and O–H groups in total. The Kier molecular flexibility index (Phi) is 2.77. The van der Waals surface area contributed by atoms with Crippen molar-refractivity contribution >= 4 is 0 Å². The van der Waals surface area contributed by atoms with E-state index >= 15 is 0 Å². The van der Waals surface area contributed by atoms with Crippen molar-refractivity contribution in [3.8, 4) is 0 Å². The van der Waals surface area contributed by atoms with Crippen molar-refractivity contribution < 1.29 is 0 Å². The van der Waals surface area contributed by atoms with Crippen LogP contribution < -0.4 is 5.73 Å². The van der Waals surface area contributed by atoms with E-state index in [2.05, 4.69) is 33.4 Å². The van der Waals surface area contributed by atoms with Gasteiger partial charge in [0.1, 0.15) is 0 Å². The fraction of sp³-hybridized carbons (Fsp3) is 0.500. The van der Waals surface area contributed by atoms with Crippen molar-refractivity contribution in [2.45, 2.75) is 33.2 Å². The summed E-state index contributed by atoms with van der Waals surface area (Å²) in [4.78, 5) is 0. The van der Waals surface area contributed by atoms with Crippen LogP contribution in [-0.2, 0) is 0 Å². The van der Waals surface area contributed by atoms with E-state index in [1.54, 1.807) is 6.08 Å². The number of hydrogen-bond donors (Lipinski definition) is 1. The lowest BCUT2D eigenvalue weighted by atomic mass is 9.85. The van der Waals surface area contributed by atoms with Crippen molar-refractivity contribution in [3.05, 3.63) is 36.0 Å². The highest BCUT2D eigenvalue weighted by atomic mass is 14.7. The van der Waals surface area contributed by atoms with Crippen molar-refractivity contribution in [3.63, 3.8) is 0 Å². The van der Waals surface area contributed by atoms with Crippen LogP contribution in [0.5, 0.6) is 0 Å². The molecule has 1 heteroatoms. The zero-order valence-electron chi connectivity index (χ0n) is 8.80. The molecule has 0 amide bonds. The summed E-state index contributed by atoms with van der Waals surface area (Å²) in [6.07, 6.45) is 6.94. The summed E-state index contributed by atoms with van der Waals surface area (Å²) in [6.45, 7) is 10.3. The van der Waals surface area contributed by atoms with Crippen LogP contribution in [0.25, 0.3) is 0 Å². The normalized spacial score (nSPS) is 27.2. The van der Waals surface area contributed by atoms with Crippen LogP contribution in [0.3, 0.4) is 0 Å². The summed E-state index contributed by atoms with van der Waals surface area (Å²) in [6, 6.07) is 0.170. The Labute approximate surface area is 81.0 Å². The van der Waals surface area contributed by atoms with Gasteiger partial charge in [-0.1, -0.05) is 44.2 Å². The van der Waals surface area contributed by atoms with Gasteiger partial charge in [-0.05, 0) is 24.3 Å². The predicted molar refractivity (Wildman–Crippen MR) is 58.4 cm³/mol. The van der Waals surface area contributed by atoms with Gasteiger partial charge in [0.05, 0.1) is 0 Å². The van der Waals surface area contributed by atoms with Crippen molar-refractivity contribution in [1.82, 2.24) is 0 Å². The van der Waals surface area contributed by atoms with Gasteiger partial charge in [-0.3, -0.25) is 0 Å². The van der Waals surface area contributed by atoms with E-state index in [1.807, 2.05) is 6.08 Å². The molecule has 0 saturated heterocycles. The largest absolute Gasteiger partial charge is 0.323 e. The highest BCUT2D eigenvalue weighted by Gasteiger charge is 2.35. The van der Waals surface area contributed by atoms with Gasteiger partial charge in [0, 0.05) is 6.04 Å². The molecular weight excluding hydrogens is 158 g/mol. The molecule has 0 aromatic heterocycles. The summed E-state index contributed by atoms with van der Waals surface area (Å²) >= 11 is 0. The number of allylic oxidation sites excluding steroid dienone is 3. The third kappa shape index (κ3) is 1.92. The SMILES string of the molecule is C=C/C=C\C1=C(C)CC(C)(C)[C@@H]1N. The van der Waals surface area contributed by atoms with E-state index in [9.17, 15) is 0 Å². The minimum absolute atomic E-state index is 0.170. The van der Waals surface area contributed by atoms with Crippen molar-refractivity contribution in [2.24, 2.45) is 11.1 Å². The second-order valence-electron chi connectivity index (χ2n) is 4.47. The van der Waals surface area contributed by atoms with Gasteiger partial charge in [-0.2, -0.15) is 0 Å². The average molecular weight is 177 g/mol. The minimum Gasteiger partial charge on any atom is -0.323 e. The maximum absolute atomic E-state index is 6.14. The smallest absolute Gasteiger partial charge is 0.0349 e. The molecule has 1 aliphatic carbocycles. The van der Waals surface area contributed by atoms with Gasteiger partial charge in [0.15, 0.2) is 0 Å². The molecule has 1 aliphatic rings. The topological polar surface area (TPSA) is 26.0 Å². The highest BCUT2D eigenvalue weighted by molar-refractivity contribution is 5.38. The summed E-state index contributed by atoms with van der Waals surface area (Å²) in [5.74, 6) is 0. The van der Waals surface area contributed by atoms with E-state index in [1.165, 1.54) is 11.1 Å². The molecule has 0 aromatic rings. The monoisotopic (exact) mass is 177 g/mol. The Balaban J connectivity index is 2.90. The molecule has 0 unspecified atom stereocenters. The lowest BCUT2D eigenvalue weighted by molar-refractivity contribution is 0.343. The first-order valence-corrected chi connectivity index (χ1v) is 4.73. The predicted octanol–water partition coefficient (Wildman–Crippen LogP) is 2.80. The molecule has 0 bridgehead atoms. The van der Waals surface area contributed by atoms with Crippen LogP contribution in [0.4, 0.5) is 0 Å². The van der Waals surface area contributed by atoms with Gasteiger partial charge in [-0.15, -0.1) is 0 Å². The Morgan fingerprint density at radius 1 is 1.54 bits per heavy atom. The lowest BCUT2D eigenvalue weighted by Crippen LogP contribution is -2.34. The third-order valence-electron chi connectivity index (χ3n) is 2.80. The molecule has 0 heterocycles.